The van der Waals surface area contributed by atoms with Gasteiger partial charge in [-0.25, -0.2) is 8.42 Å². The summed E-state index contributed by atoms with van der Waals surface area (Å²) in [5.41, 5.74) is 0.786. The first kappa shape index (κ1) is 14.5. The minimum absolute atomic E-state index is 0.140. The molecular formula is C12H16O5S. The number of hydrogen-bond acceptors (Lipinski definition) is 4. The number of sulfone groups is 1. The molecule has 0 atom stereocenters. The number of hydrogen-bond donors (Lipinski definition) is 1. The molecule has 0 aliphatic heterocycles. The van der Waals surface area contributed by atoms with Crippen molar-refractivity contribution in [2.75, 3.05) is 12.9 Å². The molecule has 0 aromatic heterocycles. The number of rotatable bonds is 6. The van der Waals surface area contributed by atoms with E-state index in [0.29, 0.717) is 12.2 Å². The molecule has 1 aromatic rings. The summed E-state index contributed by atoms with van der Waals surface area (Å²) >= 11 is 0. The van der Waals surface area contributed by atoms with Gasteiger partial charge in [-0.2, -0.15) is 0 Å². The molecule has 0 heterocycles. The van der Waals surface area contributed by atoms with Gasteiger partial charge in [-0.3, -0.25) is 4.79 Å². The lowest BCUT2D eigenvalue weighted by Gasteiger charge is -2.09. The van der Waals surface area contributed by atoms with E-state index < -0.39 is 28.0 Å². The molecule has 0 aliphatic carbocycles. The van der Waals surface area contributed by atoms with E-state index in [9.17, 15) is 13.2 Å². The highest BCUT2D eigenvalue weighted by Gasteiger charge is 2.17. The summed E-state index contributed by atoms with van der Waals surface area (Å²) in [4.78, 5) is 10.6. The van der Waals surface area contributed by atoms with Gasteiger partial charge in [0.1, 0.15) is 5.75 Å². The first-order valence-corrected chi connectivity index (χ1v) is 7.17. The Morgan fingerprint density at radius 2 is 2.06 bits per heavy atom. The van der Waals surface area contributed by atoms with E-state index in [1.165, 1.54) is 19.2 Å². The van der Waals surface area contributed by atoms with Crippen molar-refractivity contribution in [3.8, 4) is 5.75 Å². The molecule has 6 heteroatoms. The molecule has 0 saturated carbocycles. The van der Waals surface area contributed by atoms with Gasteiger partial charge in [0, 0.05) is 0 Å². The summed E-state index contributed by atoms with van der Waals surface area (Å²) in [6.45, 7) is 1.89. The molecule has 0 radical (unpaired) electrons. The molecule has 0 amide bonds. The molecule has 5 nitrogen and oxygen atoms in total. The monoisotopic (exact) mass is 272 g/mol. The van der Waals surface area contributed by atoms with Crippen molar-refractivity contribution < 1.29 is 23.1 Å². The average Bonchev–Trinajstić information content (AvgIpc) is 2.35. The van der Waals surface area contributed by atoms with Crippen LogP contribution < -0.4 is 4.74 Å². The van der Waals surface area contributed by atoms with Gasteiger partial charge in [0.2, 0.25) is 0 Å². The zero-order valence-electron chi connectivity index (χ0n) is 10.3. The van der Waals surface area contributed by atoms with Gasteiger partial charge in [0.25, 0.3) is 0 Å². The van der Waals surface area contributed by atoms with E-state index in [1.54, 1.807) is 6.07 Å². The molecular weight excluding hydrogens is 256 g/mol. The number of carboxylic acids is 1. The maximum absolute atomic E-state index is 11.9. The van der Waals surface area contributed by atoms with Gasteiger partial charge in [0.15, 0.2) is 9.84 Å². The standard InChI is InChI=1S/C12H16O5S/c1-3-9-8-10(4-5-11(9)17-2)18(15,16)7-6-12(13)14/h4-5,8H,3,6-7H2,1-2H3,(H,13,14). The maximum Gasteiger partial charge on any atom is 0.304 e. The summed E-state index contributed by atoms with van der Waals surface area (Å²) in [6.07, 6.45) is 0.251. The third-order valence-corrected chi connectivity index (χ3v) is 4.29. The van der Waals surface area contributed by atoms with Crippen LogP contribution in [-0.4, -0.2) is 32.4 Å². The molecule has 0 bridgehead atoms. The second kappa shape index (κ2) is 5.86. The zero-order valence-corrected chi connectivity index (χ0v) is 11.2. The molecule has 18 heavy (non-hydrogen) atoms. The number of carbonyl (C=O) groups is 1. The fourth-order valence-corrected chi connectivity index (χ4v) is 2.84. The molecule has 0 unspecified atom stereocenters. The van der Waals surface area contributed by atoms with E-state index in [4.69, 9.17) is 9.84 Å². The Kier molecular flexibility index (Phi) is 4.72. The summed E-state index contributed by atoms with van der Waals surface area (Å²) in [5, 5.41) is 8.52. The smallest absolute Gasteiger partial charge is 0.304 e. The molecule has 1 rings (SSSR count). The molecule has 0 aliphatic rings. The fraction of sp³-hybridized carbons (Fsp3) is 0.417. The van der Waals surface area contributed by atoms with Gasteiger partial charge in [-0.15, -0.1) is 0 Å². The van der Waals surface area contributed by atoms with Crippen molar-refractivity contribution in [1.82, 2.24) is 0 Å². The highest BCUT2D eigenvalue weighted by molar-refractivity contribution is 7.91. The third-order valence-electron chi connectivity index (χ3n) is 2.58. The lowest BCUT2D eigenvalue weighted by Crippen LogP contribution is -2.11. The van der Waals surface area contributed by atoms with Crippen LogP contribution in [0.25, 0.3) is 0 Å². The molecule has 0 saturated heterocycles. The number of carboxylic acid groups (broad SMARTS) is 1. The summed E-state index contributed by atoms with van der Waals surface area (Å²) in [6, 6.07) is 4.57. The molecule has 100 valence electrons. The number of aryl methyl sites for hydroxylation is 1. The summed E-state index contributed by atoms with van der Waals surface area (Å²) in [7, 11) is -2.03. The second-order valence-corrected chi connectivity index (χ2v) is 5.90. The fourth-order valence-electron chi connectivity index (χ4n) is 1.56. The van der Waals surface area contributed by atoms with Crippen LogP contribution in [0, 0.1) is 0 Å². The number of benzene rings is 1. The molecule has 1 N–H and O–H groups in total. The predicted octanol–water partition coefficient (Wildman–Crippen LogP) is 1.51. The summed E-state index contributed by atoms with van der Waals surface area (Å²) in [5.74, 6) is -0.879. The van der Waals surface area contributed by atoms with Crippen LogP contribution in [0.2, 0.25) is 0 Å². The van der Waals surface area contributed by atoms with Crippen LogP contribution in [0.3, 0.4) is 0 Å². The Labute approximate surface area is 106 Å². The van der Waals surface area contributed by atoms with Crippen molar-refractivity contribution in [3.05, 3.63) is 23.8 Å². The normalized spacial score (nSPS) is 11.2. The number of aliphatic carboxylic acids is 1. The van der Waals surface area contributed by atoms with Gasteiger partial charge < -0.3 is 9.84 Å². The van der Waals surface area contributed by atoms with Crippen LogP contribution in [0.5, 0.6) is 5.75 Å². The lowest BCUT2D eigenvalue weighted by molar-refractivity contribution is -0.136. The van der Waals surface area contributed by atoms with E-state index in [-0.39, 0.29) is 4.90 Å². The largest absolute Gasteiger partial charge is 0.496 e. The lowest BCUT2D eigenvalue weighted by atomic mass is 10.1. The topological polar surface area (TPSA) is 80.7 Å². The maximum atomic E-state index is 11.9. The Balaban J connectivity index is 3.06. The third kappa shape index (κ3) is 3.46. The van der Waals surface area contributed by atoms with E-state index in [0.717, 1.165) is 5.56 Å². The Bertz CT molecular complexity index is 533. The number of methoxy groups -OCH3 is 1. The Morgan fingerprint density at radius 1 is 1.39 bits per heavy atom. The van der Waals surface area contributed by atoms with Crippen LogP contribution in [0.15, 0.2) is 23.1 Å². The SMILES string of the molecule is CCc1cc(S(=O)(=O)CCC(=O)O)ccc1OC. The first-order valence-electron chi connectivity index (χ1n) is 5.52. The quantitative estimate of drug-likeness (QED) is 0.849. The minimum Gasteiger partial charge on any atom is -0.496 e. The van der Waals surface area contributed by atoms with Crippen molar-refractivity contribution in [1.29, 1.82) is 0 Å². The highest BCUT2D eigenvalue weighted by atomic mass is 32.2. The second-order valence-electron chi connectivity index (χ2n) is 3.79. The van der Waals surface area contributed by atoms with Crippen molar-refractivity contribution in [2.24, 2.45) is 0 Å². The Morgan fingerprint density at radius 3 is 2.56 bits per heavy atom. The molecule has 1 aromatic carbocycles. The van der Waals surface area contributed by atoms with Gasteiger partial charge in [-0.05, 0) is 30.2 Å². The minimum atomic E-state index is -3.55. The highest BCUT2D eigenvalue weighted by Crippen LogP contribution is 2.23. The number of ether oxygens (including phenoxy) is 1. The van der Waals surface area contributed by atoms with Gasteiger partial charge >= 0.3 is 5.97 Å². The van der Waals surface area contributed by atoms with E-state index in [1.807, 2.05) is 6.92 Å². The first-order chi connectivity index (χ1) is 8.40. The van der Waals surface area contributed by atoms with Gasteiger partial charge in [-0.1, -0.05) is 6.92 Å². The zero-order chi connectivity index (χ0) is 13.8. The van der Waals surface area contributed by atoms with Crippen molar-refractivity contribution in [2.45, 2.75) is 24.7 Å². The van der Waals surface area contributed by atoms with Crippen LogP contribution in [0.1, 0.15) is 18.9 Å². The Hall–Kier alpha value is -1.56. The van der Waals surface area contributed by atoms with E-state index in [2.05, 4.69) is 0 Å². The summed E-state index contributed by atoms with van der Waals surface area (Å²) < 4.78 is 28.9. The van der Waals surface area contributed by atoms with Crippen LogP contribution >= 0.6 is 0 Å². The van der Waals surface area contributed by atoms with Crippen LogP contribution in [-0.2, 0) is 21.1 Å². The molecule has 0 spiro atoms. The average molecular weight is 272 g/mol. The molecule has 0 fully saturated rings. The van der Waals surface area contributed by atoms with Crippen molar-refractivity contribution in [3.63, 3.8) is 0 Å². The van der Waals surface area contributed by atoms with Crippen molar-refractivity contribution >= 4 is 15.8 Å². The van der Waals surface area contributed by atoms with E-state index >= 15 is 0 Å². The van der Waals surface area contributed by atoms with Gasteiger partial charge in [0.05, 0.1) is 24.2 Å². The van der Waals surface area contributed by atoms with Crippen LogP contribution in [0.4, 0.5) is 0 Å². The predicted molar refractivity (Wildman–Crippen MR) is 66.7 cm³/mol.